The van der Waals surface area contributed by atoms with E-state index in [0.29, 0.717) is 17.6 Å². The second-order valence-electron chi connectivity index (χ2n) is 8.99. The van der Waals surface area contributed by atoms with Gasteiger partial charge in [0.15, 0.2) is 0 Å². The van der Waals surface area contributed by atoms with Gasteiger partial charge < -0.3 is 10.6 Å². The smallest absolute Gasteiger partial charge is 0.225 e. The Balaban J connectivity index is 1.26. The molecule has 170 valence electrons. The number of allylic oxidation sites excluding steroid dienone is 2. The van der Waals surface area contributed by atoms with Crippen molar-refractivity contribution >= 4 is 28.9 Å². The molecule has 6 heteroatoms. The van der Waals surface area contributed by atoms with E-state index in [1.807, 2.05) is 24.3 Å². The molecule has 2 aliphatic rings. The number of amides is 1. The Hall–Kier alpha value is -2.37. The largest absolute Gasteiger partial charge is 0.384 e. The van der Waals surface area contributed by atoms with Crippen LogP contribution in [0.1, 0.15) is 43.7 Å². The van der Waals surface area contributed by atoms with E-state index < -0.39 is 0 Å². The Morgan fingerprint density at radius 3 is 2.34 bits per heavy atom. The molecule has 5 nitrogen and oxygen atoms in total. The summed E-state index contributed by atoms with van der Waals surface area (Å²) < 4.78 is 0. The zero-order valence-electron chi connectivity index (χ0n) is 18.8. The summed E-state index contributed by atoms with van der Waals surface area (Å²) in [5.41, 5.74) is 9.60. The first-order valence-electron chi connectivity index (χ1n) is 11.7. The van der Waals surface area contributed by atoms with E-state index in [-0.39, 0.29) is 5.92 Å². The average Bonchev–Trinajstić information content (AvgIpc) is 2.81. The van der Waals surface area contributed by atoms with Crippen molar-refractivity contribution in [3.8, 4) is 0 Å². The van der Waals surface area contributed by atoms with Crippen molar-refractivity contribution in [2.24, 2.45) is 11.8 Å². The molecule has 0 atom stereocenters. The van der Waals surface area contributed by atoms with Crippen LogP contribution >= 0.6 is 11.6 Å². The Labute approximate surface area is 196 Å². The number of piperidine rings is 2. The number of aromatic nitrogens is 1. The highest BCUT2D eigenvalue weighted by Crippen LogP contribution is 2.33. The number of nitrogens with two attached hydrogens (primary N) is 1. The zero-order valence-corrected chi connectivity index (χ0v) is 19.6. The molecule has 0 unspecified atom stereocenters. The molecular formula is C26H33ClN4O. The third kappa shape index (κ3) is 5.51. The van der Waals surface area contributed by atoms with E-state index in [9.17, 15) is 4.79 Å². The minimum absolute atomic E-state index is 0.155. The van der Waals surface area contributed by atoms with Crippen LogP contribution in [0.5, 0.6) is 0 Å². The van der Waals surface area contributed by atoms with Crippen molar-refractivity contribution in [3.05, 3.63) is 64.8 Å². The van der Waals surface area contributed by atoms with E-state index in [0.717, 1.165) is 63.4 Å². The van der Waals surface area contributed by atoms with E-state index in [1.54, 1.807) is 6.20 Å². The van der Waals surface area contributed by atoms with Gasteiger partial charge in [-0.25, -0.2) is 4.98 Å². The van der Waals surface area contributed by atoms with Crippen molar-refractivity contribution in [3.63, 3.8) is 0 Å². The van der Waals surface area contributed by atoms with E-state index >= 15 is 0 Å². The summed E-state index contributed by atoms with van der Waals surface area (Å²) in [6.45, 7) is 6.59. The number of anilines is 1. The topological polar surface area (TPSA) is 62.5 Å². The molecule has 0 bridgehead atoms. The third-order valence-corrected chi connectivity index (χ3v) is 7.18. The first-order valence-corrected chi connectivity index (χ1v) is 12.0. The monoisotopic (exact) mass is 452 g/mol. The molecule has 32 heavy (non-hydrogen) atoms. The second kappa shape index (κ2) is 10.5. The van der Waals surface area contributed by atoms with Crippen molar-refractivity contribution in [1.82, 2.24) is 14.8 Å². The van der Waals surface area contributed by atoms with Gasteiger partial charge in [-0.3, -0.25) is 9.69 Å². The van der Waals surface area contributed by atoms with Gasteiger partial charge in [0.05, 0.1) is 0 Å². The van der Waals surface area contributed by atoms with Crippen molar-refractivity contribution < 1.29 is 4.79 Å². The van der Waals surface area contributed by atoms with Crippen molar-refractivity contribution in [2.75, 3.05) is 31.9 Å². The number of nitrogens with zero attached hydrogens (tertiary/aromatic N) is 3. The molecule has 1 aromatic heterocycles. The highest BCUT2D eigenvalue weighted by Gasteiger charge is 2.31. The van der Waals surface area contributed by atoms with Crippen LogP contribution in [0, 0.1) is 11.8 Å². The fraction of sp³-hybridized carbons (Fsp3) is 0.462. The molecule has 0 saturated carbocycles. The molecule has 2 fully saturated rings. The third-order valence-electron chi connectivity index (χ3n) is 6.92. The van der Waals surface area contributed by atoms with Gasteiger partial charge in [-0.05, 0) is 92.6 Å². The van der Waals surface area contributed by atoms with Crippen LogP contribution in [0.3, 0.4) is 0 Å². The van der Waals surface area contributed by atoms with Crippen LogP contribution in [-0.2, 0) is 11.3 Å². The number of carbonyl (C=O) groups is 1. The van der Waals surface area contributed by atoms with E-state index in [2.05, 4.69) is 39.9 Å². The van der Waals surface area contributed by atoms with Gasteiger partial charge in [-0.15, -0.1) is 0 Å². The van der Waals surface area contributed by atoms with Gasteiger partial charge in [0.1, 0.15) is 5.82 Å². The van der Waals surface area contributed by atoms with Gasteiger partial charge in [0, 0.05) is 36.8 Å². The van der Waals surface area contributed by atoms with E-state index in [4.69, 9.17) is 17.3 Å². The summed E-state index contributed by atoms with van der Waals surface area (Å²) in [5.74, 6) is 1.57. The molecule has 2 aromatic rings. The fourth-order valence-corrected chi connectivity index (χ4v) is 5.26. The number of rotatable bonds is 5. The van der Waals surface area contributed by atoms with Crippen LogP contribution < -0.4 is 5.73 Å². The summed E-state index contributed by atoms with van der Waals surface area (Å²) >= 11 is 6.05. The van der Waals surface area contributed by atoms with Gasteiger partial charge in [0.25, 0.3) is 0 Å². The quantitative estimate of drug-likeness (QED) is 0.702. The van der Waals surface area contributed by atoms with Gasteiger partial charge >= 0.3 is 0 Å². The predicted molar refractivity (Wildman–Crippen MR) is 131 cm³/mol. The Bertz CT molecular complexity index is 943. The molecule has 1 amide bonds. The number of pyridine rings is 1. The number of nitrogen functional groups attached to an aromatic ring is 1. The number of benzene rings is 1. The number of hydrogen-bond acceptors (Lipinski definition) is 4. The predicted octanol–water partition coefficient (Wildman–Crippen LogP) is 4.87. The molecule has 0 aliphatic carbocycles. The van der Waals surface area contributed by atoms with Crippen molar-refractivity contribution in [2.45, 2.75) is 39.2 Å². The minimum Gasteiger partial charge on any atom is -0.384 e. The lowest BCUT2D eigenvalue weighted by molar-refractivity contribution is -0.138. The fourth-order valence-electron chi connectivity index (χ4n) is 5.14. The summed E-state index contributed by atoms with van der Waals surface area (Å²) in [6.07, 6.45) is 7.90. The molecule has 0 spiro atoms. The molecule has 3 heterocycles. The molecule has 2 N–H and O–H groups in total. The van der Waals surface area contributed by atoms with Gasteiger partial charge in [0.2, 0.25) is 5.91 Å². The maximum atomic E-state index is 13.2. The van der Waals surface area contributed by atoms with Crippen molar-refractivity contribution in [1.29, 1.82) is 0 Å². The number of halogens is 1. The lowest BCUT2D eigenvalue weighted by Gasteiger charge is -2.38. The average molecular weight is 453 g/mol. The highest BCUT2D eigenvalue weighted by molar-refractivity contribution is 6.30. The second-order valence-corrected chi connectivity index (χ2v) is 9.43. The zero-order chi connectivity index (χ0) is 22.5. The summed E-state index contributed by atoms with van der Waals surface area (Å²) in [6, 6.07) is 12.1. The van der Waals surface area contributed by atoms with E-state index in [1.165, 1.54) is 16.7 Å². The maximum absolute atomic E-state index is 13.2. The summed E-state index contributed by atoms with van der Waals surface area (Å²) in [7, 11) is 0. The minimum atomic E-state index is 0.155. The van der Waals surface area contributed by atoms with Crippen LogP contribution in [0.4, 0.5) is 5.82 Å². The molecule has 1 aromatic carbocycles. The van der Waals surface area contributed by atoms with Crippen LogP contribution in [0.15, 0.2) is 48.7 Å². The molecule has 0 radical (unpaired) electrons. The number of carbonyl (C=O) groups excluding carboxylic acids is 1. The SMILES string of the molecule is CC=C(c1ccc(Cl)cc1)C1CCN(C(=O)C2CCN(Cc3ccnc(N)c3)CC2)CC1. The lowest BCUT2D eigenvalue weighted by Crippen LogP contribution is -2.45. The molecule has 2 saturated heterocycles. The molecular weight excluding hydrogens is 420 g/mol. The summed E-state index contributed by atoms with van der Waals surface area (Å²) in [5, 5.41) is 0.764. The van der Waals surface area contributed by atoms with Crippen LogP contribution in [0.2, 0.25) is 5.02 Å². The highest BCUT2D eigenvalue weighted by atomic mass is 35.5. The standard InChI is InChI=1S/C26H33ClN4O/c1-2-24(20-3-5-23(27)6-4-20)21-10-15-31(16-11-21)26(32)22-8-13-30(14-9-22)18-19-7-12-29-25(28)17-19/h2-7,12,17,21-22H,8-11,13-16,18H2,1H3,(H2,28,29). The van der Waals surface area contributed by atoms with Gasteiger partial charge in [-0.2, -0.15) is 0 Å². The Morgan fingerprint density at radius 2 is 1.72 bits per heavy atom. The molecule has 2 aliphatic heterocycles. The molecule has 4 rings (SSSR count). The lowest BCUT2D eigenvalue weighted by atomic mass is 9.84. The summed E-state index contributed by atoms with van der Waals surface area (Å²) in [4.78, 5) is 21.8. The normalized spacial score (nSPS) is 19.3. The number of likely N-dealkylation sites (tertiary alicyclic amines) is 2. The van der Waals surface area contributed by atoms with Crippen LogP contribution in [-0.4, -0.2) is 46.9 Å². The first kappa shape index (κ1) is 22.8. The van der Waals surface area contributed by atoms with Crippen LogP contribution in [0.25, 0.3) is 5.57 Å². The first-order chi connectivity index (χ1) is 15.5. The number of hydrogen-bond donors (Lipinski definition) is 1. The maximum Gasteiger partial charge on any atom is 0.225 e. The van der Waals surface area contributed by atoms with Gasteiger partial charge in [-0.1, -0.05) is 29.8 Å². The Kier molecular flexibility index (Phi) is 7.48. The Morgan fingerprint density at radius 1 is 1.06 bits per heavy atom.